The molecule has 0 atom stereocenters. The third-order valence-corrected chi connectivity index (χ3v) is 0. The van der Waals surface area contributed by atoms with E-state index in [2.05, 4.69) is 20.8 Å². The third kappa shape index (κ3) is 441. The molecule has 0 fully saturated rings. The van der Waals surface area contributed by atoms with Crippen molar-refractivity contribution in [3.8, 4) is 0 Å². The SMILES string of the molecule is CC(C)(C)[SiH2-]. The Bertz CT molecular complexity index is 19.1. The van der Waals surface area contributed by atoms with Crippen LogP contribution in [-0.4, -0.2) is 10.2 Å². The summed E-state index contributed by atoms with van der Waals surface area (Å²) in [6.45, 7) is 6.60. The molecule has 0 saturated heterocycles. The standard InChI is InChI=1S/C4H11Si/c1-4(2,3)5/h5H2,1-3H3/q-1. The van der Waals surface area contributed by atoms with Gasteiger partial charge in [-0.3, -0.25) is 10.2 Å². The fraction of sp³-hybridized carbons (Fsp3) is 1.00. The van der Waals surface area contributed by atoms with Gasteiger partial charge >= 0.3 is 0 Å². The van der Waals surface area contributed by atoms with Gasteiger partial charge in [-0.1, -0.05) is 20.8 Å². The molecule has 0 nitrogen and oxygen atoms in total. The maximum Gasteiger partial charge on any atom is -0.0912 e. The summed E-state index contributed by atoms with van der Waals surface area (Å²) in [6.07, 6.45) is 0. The molecule has 0 aliphatic heterocycles. The minimum Gasteiger partial charge on any atom is -0.290 e. The zero-order valence-corrected chi connectivity index (χ0v) is 5.62. The molecule has 0 aromatic carbocycles. The van der Waals surface area contributed by atoms with Crippen molar-refractivity contribution in [1.82, 2.24) is 0 Å². The van der Waals surface area contributed by atoms with E-state index in [0.29, 0.717) is 5.04 Å². The molecule has 1 heteroatoms. The second-order valence-corrected chi connectivity index (χ2v) is 4.68. The summed E-state index contributed by atoms with van der Waals surface area (Å²) in [4.78, 5) is 0. The Morgan fingerprint density at radius 1 is 1.20 bits per heavy atom. The van der Waals surface area contributed by atoms with Gasteiger partial charge in [-0.2, -0.15) is 5.04 Å². The highest BCUT2D eigenvalue weighted by Gasteiger charge is 1.85. The van der Waals surface area contributed by atoms with Gasteiger partial charge in [0.2, 0.25) is 0 Å². The fourth-order valence-corrected chi connectivity index (χ4v) is 0. The molecule has 0 bridgehead atoms. The number of hydrogen-bond acceptors (Lipinski definition) is 0. The van der Waals surface area contributed by atoms with Crippen molar-refractivity contribution >= 4 is 10.2 Å². The predicted molar refractivity (Wildman–Crippen MR) is 28.3 cm³/mol. The molecule has 0 spiro atoms. The van der Waals surface area contributed by atoms with Gasteiger partial charge in [0.1, 0.15) is 0 Å². The molecule has 32 valence electrons. The van der Waals surface area contributed by atoms with Crippen LogP contribution in [0.1, 0.15) is 20.8 Å². The first kappa shape index (κ1) is 5.22. The maximum absolute atomic E-state index is 2.20. The van der Waals surface area contributed by atoms with E-state index in [1.807, 2.05) is 10.2 Å². The van der Waals surface area contributed by atoms with Crippen LogP contribution in [0.4, 0.5) is 0 Å². The normalized spacial score (nSPS) is 12.0. The van der Waals surface area contributed by atoms with E-state index in [-0.39, 0.29) is 0 Å². The highest BCUT2D eigenvalue weighted by molar-refractivity contribution is 6.14. The topological polar surface area (TPSA) is 0 Å². The Morgan fingerprint density at radius 2 is 1.20 bits per heavy atom. The second-order valence-electron chi connectivity index (χ2n) is 2.56. The van der Waals surface area contributed by atoms with E-state index in [1.54, 1.807) is 0 Å². The zero-order chi connectivity index (χ0) is 4.50. The van der Waals surface area contributed by atoms with Crippen molar-refractivity contribution < 1.29 is 0 Å². The Hall–Kier alpha value is 0.217. The fourth-order valence-electron chi connectivity index (χ4n) is 0. The Kier molecular flexibility index (Phi) is 1.18. The first-order chi connectivity index (χ1) is 2.00. The van der Waals surface area contributed by atoms with Crippen LogP contribution in [0.15, 0.2) is 0 Å². The molecule has 0 aromatic heterocycles. The summed E-state index contributed by atoms with van der Waals surface area (Å²) in [5.41, 5.74) is 0. The van der Waals surface area contributed by atoms with Crippen LogP contribution in [0, 0.1) is 0 Å². The van der Waals surface area contributed by atoms with Crippen LogP contribution in [0.2, 0.25) is 5.04 Å². The summed E-state index contributed by atoms with van der Waals surface area (Å²) in [5.74, 6) is 0. The predicted octanol–water partition coefficient (Wildman–Crippen LogP) is 0.838. The van der Waals surface area contributed by atoms with Crippen molar-refractivity contribution in [2.24, 2.45) is 0 Å². The lowest BCUT2D eigenvalue weighted by Gasteiger charge is -2.16. The summed E-state index contributed by atoms with van der Waals surface area (Å²) >= 11 is 0. The van der Waals surface area contributed by atoms with E-state index in [4.69, 9.17) is 0 Å². The van der Waals surface area contributed by atoms with Crippen molar-refractivity contribution in [3.63, 3.8) is 0 Å². The quantitative estimate of drug-likeness (QED) is 0.384. The van der Waals surface area contributed by atoms with Gasteiger partial charge in [0.25, 0.3) is 0 Å². The van der Waals surface area contributed by atoms with Crippen molar-refractivity contribution in [2.75, 3.05) is 0 Å². The molecule has 0 saturated carbocycles. The molecule has 0 unspecified atom stereocenters. The minimum absolute atomic E-state index is 0.528. The van der Waals surface area contributed by atoms with Crippen molar-refractivity contribution in [1.29, 1.82) is 0 Å². The molecule has 0 aliphatic rings. The molecule has 0 aliphatic carbocycles. The lowest BCUT2D eigenvalue weighted by molar-refractivity contribution is 0.767. The van der Waals surface area contributed by atoms with Crippen molar-refractivity contribution in [3.05, 3.63) is 0 Å². The largest absolute Gasteiger partial charge is 0.290 e. The van der Waals surface area contributed by atoms with Gasteiger partial charge in [-0.25, -0.2) is 0 Å². The summed E-state index contributed by atoms with van der Waals surface area (Å²) in [6, 6.07) is 0. The van der Waals surface area contributed by atoms with Crippen LogP contribution in [0.3, 0.4) is 0 Å². The van der Waals surface area contributed by atoms with Gasteiger partial charge < -0.3 is 0 Å². The molecular weight excluding hydrogens is 76.1 g/mol. The van der Waals surface area contributed by atoms with Crippen LogP contribution >= 0.6 is 0 Å². The lowest BCUT2D eigenvalue weighted by atomic mass is 10.3. The molecular formula is C4H11Si-. The monoisotopic (exact) mass is 87.1 g/mol. The average Bonchev–Trinajstić information content (AvgIpc) is 0.722. The Morgan fingerprint density at radius 3 is 1.20 bits per heavy atom. The first-order valence-corrected chi connectivity index (χ1v) is 2.56. The van der Waals surface area contributed by atoms with Crippen LogP contribution in [-0.2, 0) is 0 Å². The third-order valence-electron chi connectivity index (χ3n) is 0. The highest BCUT2D eigenvalue weighted by atomic mass is 28.1. The van der Waals surface area contributed by atoms with Gasteiger partial charge in [-0.15, -0.1) is 0 Å². The Balaban J connectivity index is 3.02. The molecule has 0 N–H and O–H groups in total. The molecule has 0 rings (SSSR count). The van der Waals surface area contributed by atoms with Crippen LogP contribution in [0.5, 0.6) is 0 Å². The van der Waals surface area contributed by atoms with Crippen LogP contribution < -0.4 is 0 Å². The molecule has 0 amide bonds. The van der Waals surface area contributed by atoms with E-state index < -0.39 is 0 Å². The zero-order valence-electron chi connectivity index (χ0n) is 4.21. The molecule has 0 heterocycles. The average molecular weight is 87.2 g/mol. The van der Waals surface area contributed by atoms with E-state index in [1.165, 1.54) is 0 Å². The minimum atomic E-state index is 0.528. The first-order valence-electron chi connectivity index (χ1n) is 1.85. The summed E-state index contributed by atoms with van der Waals surface area (Å²) < 4.78 is 0. The van der Waals surface area contributed by atoms with E-state index in [9.17, 15) is 0 Å². The molecule has 5 heavy (non-hydrogen) atoms. The van der Waals surface area contributed by atoms with Gasteiger partial charge in [-0.05, 0) is 0 Å². The van der Waals surface area contributed by atoms with Gasteiger partial charge in [0.05, 0.1) is 0 Å². The van der Waals surface area contributed by atoms with Crippen molar-refractivity contribution in [2.45, 2.75) is 25.8 Å². The maximum atomic E-state index is 2.20. The number of rotatable bonds is 0. The van der Waals surface area contributed by atoms with Crippen LogP contribution in [0.25, 0.3) is 0 Å². The summed E-state index contributed by atoms with van der Waals surface area (Å²) in [7, 11) is 2.01. The smallest absolute Gasteiger partial charge is 0.0912 e. The second kappa shape index (κ2) is 1.13. The number of hydrogen-bond donors (Lipinski definition) is 0. The molecule has 0 aromatic rings. The lowest BCUT2D eigenvalue weighted by Crippen LogP contribution is -1.90. The van der Waals surface area contributed by atoms with Gasteiger partial charge in [0, 0.05) is 0 Å². The Labute approximate surface area is 37.0 Å². The molecule has 0 radical (unpaired) electrons. The van der Waals surface area contributed by atoms with Gasteiger partial charge in [0.15, 0.2) is 0 Å². The van der Waals surface area contributed by atoms with E-state index >= 15 is 0 Å². The highest BCUT2D eigenvalue weighted by Crippen LogP contribution is 2.13. The summed E-state index contributed by atoms with van der Waals surface area (Å²) in [5, 5.41) is 0.528. The van der Waals surface area contributed by atoms with E-state index in [0.717, 1.165) is 0 Å².